The molecular weight excluding hydrogens is 182 g/mol. The Kier molecular flexibility index (Phi) is 2.48. The van der Waals surface area contributed by atoms with Gasteiger partial charge in [0.15, 0.2) is 5.89 Å². The molecule has 0 N–H and O–H groups in total. The lowest BCUT2D eigenvalue weighted by Crippen LogP contribution is -2.07. The van der Waals surface area contributed by atoms with Crippen LogP contribution in [0.25, 0.3) is 10.4 Å². The average Bonchev–Trinajstić information content (AvgIpc) is 2.47. The van der Waals surface area contributed by atoms with Gasteiger partial charge in [0.05, 0.1) is 0 Å². The molecule has 0 aliphatic carbocycles. The van der Waals surface area contributed by atoms with Crippen LogP contribution in [0.15, 0.2) is 15.8 Å². The summed E-state index contributed by atoms with van der Waals surface area (Å²) in [5.41, 5.74) is 7.47. The Bertz CT molecular complexity index is 337. The Morgan fingerprint density at radius 2 is 2.46 bits per heavy atom. The normalized spacial score (nSPS) is 11.0. The Hall–Kier alpha value is -1.62. The molecule has 0 atom stereocenters. The standard InChI is InChI=1S/C6H6F2N4O/c1-6(7,8)4-3-13-5(11-4)2-10-12-9/h3H,2H2,1H3. The summed E-state index contributed by atoms with van der Waals surface area (Å²) >= 11 is 0. The summed E-state index contributed by atoms with van der Waals surface area (Å²) in [5, 5.41) is 3.12. The lowest BCUT2D eigenvalue weighted by molar-refractivity contribution is 0.0126. The van der Waals surface area contributed by atoms with Crippen molar-refractivity contribution < 1.29 is 13.2 Å². The highest BCUT2D eigenvalue weighted by Gasteiger charge is 2.28. The van der Waals surface area contributed by atoms with Crippen LogP contribution in [0.1, 0.15) is 18.5 Å². The van der Waals surface area contributed by atoms with Crippen molar-refractivity contribution in [3.8, 4) is 0 Å². The van der Waals surface area contributed by atoms with Gasteiger partial charge in [0.25, 0.3) is 5.92 Å². The minimum Gasteiger partial charge on any atom is -0.448 e. The number of hydrogen-bond donors (Lipinski definition) is 0. The number of halogens is 2. The Morgan fingerprint density at radius 3 is 2.92 bits per heavy atom. The molecule has 1 heterocycles. The van der Waals surface area contributed by atoms with E-state index in [0.717, 1.165) is 6.26 Å². The van der Waals surface area contributed by atoms with Crippen LogP contribution in [0, 0.1) is 0 Å². The zero-order valence-corrected chi connectivity index (χ0v) is 6.74. The number of oxazole rings is 1. The van der Waals surface area contributed by atoms with Crippen molar-refractivity contribution in [3.05, 3.63) is 28.3 Å². The number of aromatic nitrogens is 1. The molecular formula is C6H6F2N4O. The van der Waals surface area contributed by atoms with E-state index < -0.39 is 11.6 Å². The summed E-state index contributed by atoms with van der Waals surface area (Å²) in [7, 11) is 0. The highest BCUT2D eigenvalue weighted by atomic mass is 19.3. The monoisotopic (exact) mass is 188 g/mol. The minimum atomic E-state index is -3.03. The van der Waals surface area contributed by atoms with E-state index >= 15 is 0 Å². The second kappa shape index (κ2) is 3.40. The lowest BCUT2D eigenvalue weighted by Gasteiger charge is -2.02. The smallest absolute Gasteiger partial charge is 0.290 e. The van der Waals surface area contributed by atoms with E-state index in [1.165, 1.54) is 0 Å². The van der Waals surface area contributed by atoms with E-state index in [-0.39, 0.29) is 12.4 Å². The summed E-state index contributed by atoms with van der Waals surface area (Å²) in [6.45, 7) is 0.550. The van der Waals surface area contributed by atoms with Crippen LogP contribution in [0.4, 0.5) is 8.78 Å². The third-order valence-corrected chi connectivity index (χ3v) is 1.27. The first-order valence-electron chi connectivity index (χ1n) is 3.37. The molecule has 0 radical (unpaired) electrons. The van der Waals surface area contributed by atoms with Gasteiger partial charge in [-0.05, 0) is 5.53 Å². The molecule has 7 heteroatoms. The number of nitrogens with zero attached hydrogens (tertiary/aromatic N) is 4. The van der Waals surface area contributed by atoms with Gasteiger partial charge in [-0.25, -0.2) is 4.98 Å². The van der Waals surface area contributed by atoms with Gasteiger partial charge >= 0.3 is 0 Å². The molecule has 0 bridgehead atoms. The molecule has 1 aromatic rings. The van der Waals surface area contributed by atoms with Gasteiger partial charge in [-0.15, -0.1) is 0 Å². The van der Waals surface area contributed by atoms with Gasteiger partial charge < -0.3 is 4.42 Å². The number of rotatable bonds is 3. The molecule has 0 aliphatic heterocycles. The first-order valence-corrected chi connectivity index (χ1v) is 3.37. The highest BCUT2D eigenvalue weighted by Crippen LogP contribution is 2.25. The van der Waals surface area contributed by atoms with Gasteiger partial charge in [0.1, 0.15) is 18.5 Å². The van der Waals surface area contributed by atoms with Crippen molar-refractivity contribution in [3.63, 3.8) is 0 Å². The molecule has 0 amide bonds. The molecule has 0 aliphatic rings. The molecule has 0 fully saturated rings. The van der Waals surface area contributed by atoms with Crippen molar-refractivity contribution in [2.45, 2.75) is 19.4 Å². The molecule has 70 valence electrons. The average molecular weight is 188 g/mol. The van der Waals surface area contributed by atoms with Crippen molar-refractivity contribution in [1.29, 1.82) is 0 Å². The van der Waals surface area contributed by atoms with Gasteiger partial charge in [-0.2, -0.15) is 8.78 Å². The Balaban J connectivity index is 2.80. The second-order valence-electron chi connectivity index (χ2n) is 2.40. The Labute approximate surface area is 72.0 Å². The van der Waals surface area contributed by atoms with Crippen molar-refractivity contribution in [2.24, 2.45) is 5.11 Å². The first kappa shape index (κ1) is 9.47. The quantitative estimate of drug-likeness (QED) is 0.415. The summed E-state index contributed by atoms with van der Waals surface area (Å²) < 4.78 is 29.8. The van der Waals surface area contributed by atoms with Crippen LogP contribution in [0.5, 0.6) is 0 Å². The molecule has 0 unspecified atom stereocenters. The summed E-state index contributed by atoms with van der Waals surface area (Å²) in [6, 6.07) is 0. The van der Waals surface area contributed by atoms with Crippen LogP contribution in [0.3, 0.4) is 0 Å². The first-order chi connectivity index (χ1) is 6.04. The van der Waals surface area contributed by atoms with Gasteiger partial charge in [0.2, 0.25) is 0 Å². The van der Waals surface area contributed by atoms with Crippen LogP contribution in [-0.4, -0.2) is 4.98 Å². The molecule has 5 nitrogen and oxygen atoms in total. The maximum atomic E-state index is 12.6. The van der Waals surface area contributed by atoms with Crippen molar-refractivity contribution in [2.75, 3.05) is 0 Å². The minimum absolute atomic E-state index is 0.0191. The van der Waals surface area contributed by atoms with Crippen LogP contribution < -0.4 is 0 Å². The van der Waals surface area contributed by atoms with E-state index in [1.807, 2.05) is 0 Å². The predicted octanol–water partition coefficient (Wildman–Crippen LogP) is 2.60. The largest absolute Gasteiger partial charge is 0.448 e. The van der Waals surface area contributed by atoms with E-state index in [0.29, 0.717) is 6.92 Å². The third-order valence-electron chi connectivity index (χ3n) is 1.27. The fourth-order valence-electron chi connectivity index (χ4n) is 0.677. The molecule has 0 aromatic carbocycles. The molecule has 0 saturated carbocycles. The zero-order chi connectivity index (χ0) is 9.90. The summed E-state index contributed by atoms with van der Waals surface area (Å²) in [4.78, 5) is 5.88. The van der Waals surface area contributed by atoms with E-state index in [4.69, 9.17) is 5.53 Å². The van der Waals surface area contributed by atoms with Crippen LogP contribution >= 0.6 is 0 Å². The van der Waals surface area contributed by atoms with Gasteiger partial charge in [-0.1, -0.05) is 5.11 Å². The second-order valence-corrected chi connectivity index (χ2v) is 2.40. The van der Waals surface area contributed by atoms with Crippen LogP contribution in [0.2, 0.25) is 0 Å². The highest BCUT2D eigenvalue weighted by molar-refractivity contribution is 5.02. The zero-order valence-electron chi connectivity index (χ0n) is 6.74. The van der Waals surface area contributed by atoms with Crippen LogP contribution in [-0.2, 0) is 12.5 Å². The summed E-state index contributed by atoms with van der Waals surface area (Å²) in [5.74, 6) is -3.05. The van der Waals surface area contributed by atoms with Gasteiger partial charge in [0, 0.05) is 11.8 Å². The van der Waals surface area contributed by atoms with Crippen molar-refractivity contribution >= 4 is 0 Å². The summed E-state index contributed by atoms with van der Waals surface area (Å²) in [6.07, 6.45) is 0.849. The maximum absolute atomic E-state index is 12.6. The maximum Gasteiger partial charge on any atom is 0.290 e. The van der Waals surface area contributed by atoms with Gasteiger partial charge in [-0.3, -0.25) is 0 Å². The molecule has 0 saturated heterocycles. The number of hydrogen-bond acceptors (Lipinski definition) is 3. The van der Waals surface area contributed by atoms with Crippen molar-refractivity contribution in [1.82, 2.24) is 4.98 Å². The van der Waals surface area contributed by atoms with E-state index in [2.05, 4.69) is 19.4 Å². The molecule has 1 rings (SSSR count). The SMILES string of the molecule is CC(F)(F)c1coc(CN=[N+]=[N-])n1. The topological polar surface area (TPSA) is 74.8 Å². The lowest BCUT2D eigenvalue weighted by atomic mass is 10.3. The predicted molar refractivity (Wildman–Crippen MR) is 38.9 cm³/mol. The fraction of sp³-hybridized carbons (Fsp3) is 0.500. The fourth-order valence-corrected chi connectivity index (χ4v) is 0.677. The number of alkyl halides is 2. The molecule has 0 spiro atoms. The number of azide groups is 1. The van der Waals surface area contributed by atoms with E-state index in [1.54, 1.807) is 0 Å². The third kappa shape index (κ3) is 2.41. The molecule has 13 heavy (non-hydrogen) atoms. The molecule has 1 aromatic heterocycles. The van der Waals surface area contributed by atoms with E-state index in [9.17, 15) is 8.78 Å². The Morgan fingerprint density at radius 1 is 1.77 bits per heavy atom.